The Labute approximate surface area is 83.9 Å². The number of aryl methyl sites for hydroxylation is 1. The summed E-state index contributed by atoms with van der Waals surface area (Å²) in [6.07, 6.45) is 0. The Hall–Kier alpha value is -1.63. The number of benzene rings is 1. The standard InChI is InChI=1S/C8H6FNO4S/c1-10-6-4-5(15(9,12)13)2-3-7(6)14-8(10)11/h2-4H,1H3. The molecule has 0 spiro atoms. The first-order valence-electron chi connectivity index (χ1n) is 3.94. The van der Waals surface area contributed by atoms with Crippen LogP contribution in [0, 0.1) is 0 Å². The van der Waals surface area contributed by atoms with Crippen molar-refractivity contribution in [2.75, 3.05) is 0 Å². The van der Waals surface area contributed by atoms with Crippen molar-refractivity contribution < 1.29 is 16.7 Å². The molecule has 0 radical (unpaired) electrons. The number of oxazole rings is 1. The molecule has 0 saturated heterocycles. The van der Waals surface area contributed by atoms with E-state index in [0.717, 1.165) is 16.7 Å². The average Bonchev–Trinajstić information content (AvgIpc) is 2.41. The van der Waals surface area contributed by atoms with E-state index in [1.807, 2.05) is 0 Å². The van der Waals surface area contributed by atoms with Crippen LogP contribution in [0.3, 0.4) is 0 Å². The second-order valence-electron chi connectivity index (χ2n) is 2.99. The van der Waals surface area contributed by atoms with Crippen LogP contribution in [0.5, 0.6) is 0 Å². The maximum Gasteiger partial charge on any atom is 0.419 e. The predicted octanol–water partition coefficient (Wildman–Crippen LogP) is 0.790. The molecule has 0 aliphatic carbocycles. The predicted molar refractivity (Wildman–Crippen MR) is 49.7 cm³/mol. The van der Waals surface area contributed by atoms with Gasteiger partial charge < -0.3 is 4.42 Å². The van der Waals surface area contributed by atoms with Gasteiger partial charge >= 0.3 is 16.0 Å². The minimum Gasteiger partial charge on any atom is -0.408 e. The van der Waals surface area contributed by atoms with E-state index in [0.29, 0.717) is 0 Å². The molecule has 5 nitrogen and oxygen atoms in total. The number of hydrogen-bond donors (Lipinski definition) is 0. The first-order valence-corrected chi connectivity index (χ1v) is 5.32. The summed E-state index contributed by atoms with van der Waals surface area (Å²) in [5.41, 5.74) is 0.452. The zero-order chi connectivity index (χ0) is 11.2. The third-order valence-corrected chi connectivity index (χ3v) is 2.86. The molecular formula is C8H6FNO4S. The fourth-order valence-corrected chi connectivity index (χ4v) is 1.74. The molecule has 15 heavy (non-hydrogen) atoms. The fourth-order valence-electron chi connectivity index (χ4n) is 1.26. The molecule has 1 aromatic heterocycles. The minimum absolute atomic E-state index is 0.218. The lowest BCUT2D eigenvalue weighted by Gasteiger charge is -1.95. The highest BCUT2D eigenvalue weighted by atomic mass is 32.3. The third-order valence-electron chi connectivity index (χ3n) is 2.04. The van der Waals surface area contributed by atoms with Crippen molar-refractivity contribution in [2.45, 2.75) is 4.90 Å². The molecule has 0 unspecified atom stereocenters. The minimum atomic E-state index is -4.76. The van der Waals surface area contributed by atoms with Gasteiger partial charge in [-0.1, -0.05) is 0 Å². The second-order valence-corrected chi connectivity index (χ2v) is 4.34. The normalized spacial score (nSPS) is 12.1. The van der Waals surface area contributed by atoms with Crippen molar-refractivity contribution in [3.05, 3.63) is 28.7 Å². The molecular weight excluding hydrogens is 225 g/mol. The van der Waals surface area contributed by atoms with E-state index in [1.54, 1.807) is 0 Å². The van der Waals surface area contributed by atoms with Crippen LogP contribution in [0.4, 0.5) is 3.89 Å². The van der Waals surface area contributed by atoms with E-state index in [2.05, 4.69) is 0 Å². The summed E-state index contributed by atoms with van der Waals surface area (Å²) in [6, 6.07) is 3.33. The Balaban J connectivity index is 2.87. The zero-order valence-corrected chi connectivity index (χ0v) is 8.41. The van der Waals surface area contributed by atoms with Gasteiger partial charge in [0.1, 0.15) is 4.90 Å². The van der Waals surface area contributed by atoms with Crippen LogP contribution in [0.15, 0.2) is 32.3 Å². The molecule has 7 heteroatoms. The van der Waals surface area contributed by atoms with E-state index in [9.17, 15) is 17.1 Å². The lowest BCUT2D eigenvalue weighted by Crippen LogP contribution is -2.08. The number of hydrogen-bond acceptors (Lipinski definition) is 4. The monoisotopic (exact) mass is 231 g/mol. The van der Waals surface area contributed by atoms with Crippen LogP contribution in [-0.2, 0) is 17.3 Å². The summed E-state index contributed by atoms with van der Waals surface area (Å²) in [4.78, 5) is 10.6. The van der Waals surface area contributed by atoms with E-state index in [4.69, 9.17) is 4.42 Å². The van der Waals surface area contributed by atoms with E-state index in [-0.39, 0.29) is 11.1 Å². The van der Waals surface area contributed by atoms with Crippen LogP contribution < -0.4 is 5.76 Å². The fraction of sp³-hybridized carbons (Fsp3) is 0.125. The average molecular weight is 231 g/mol. The molecule has 0 bridgehead atoms. The van der Waals surface area contributed by atoms with Crippen molar-refractivity contribution >= 4 is 21.3 Å². The van der Waals surface area contributed by atoms with E-state index < -0.39 is 20.9 Å². The maximum absolute atomic E-state index is 12.6. The highest BCUT2D eigenvalue weighted by Crippen LogP contribution is 2.19. The van der Waals surface area contributed by atoms with Crippen molar-refractivity contribution in [1.82, 2.24) is 4.57 Å². The molecule has 0 aliphatic rings. The summed E-state index contributed by atoms with van der Waals surface area (Å²) in [5.74, 6) is -0.626. The third kappa shape index (κ3) is 1.54. The molecule has 80 valence electrons. The molecule has 0 fully saturated rings. The van der Waals surface area contributed by atoms with Crippen molar-refractivity contribution in [3.8, 4) is 0 Å². The van der Waals surface area contributed by atoms with E-state index >= 15 is 0 Å². The first-order chi connectivity index (χ1) is 6.89. The molecule has 0 atom stereocenters. The molecule has 0 aliphatic heterocycles. The summed E-state index contributed by atoms with van der Waals surface area (Å²) < 4.78 is 39.7. The summed E-state index contributed by atoms with van der Waals surface area (Å²) in [6.45, 7) is 0. The molecule has 0 amide bonds. The van der Waals surface area contributed by atoms with Crippen LogP contribution in [0.2, 0.25) is 0 Å². The number of nitrogens with zero attached hydrogens (tertiary/aromatic N) is 1. The molecule has 0 saturated carbocycles. The Kier molecular flexibility index (Phi) is 1.93. The largest absolute Gasteiger partial charge is 0.419 e. The van der Waals surface area contributed by atoms with Gasteiger partial charge in [-0.3, -0.25) is 4.57 Å². The second kappa shape index (κ2) is 2.93. The molecule has 2 rings (SSSR count). The van der Waals surface area contributed by atoms with Gasteiger partial charge in [-0.05, 0) is 18.2 Å². The Bertz CT molecular complexity index is 682. The first kappa shape index (κ1) is 9.91. The topological polar surface area (TPSA) is 69.3 Å². The van der Waals surface area contributed by atoms with Gasteiger partial charge in [0, 0.05) is 7.05 Å². The lowest BCUT2D eigenvalue weighted by molar-refractivity contribution is 0.528. The smallest absolute Gasteiger partial charge is 0.408 e. The Morgan fingerprint density at radius 3 is 2.67 bits per heavy atom. The highest BCUT2D eigenvalue weighted by Gasteiger charge is 2.14. The van der Waals surface area contributed by atoms with Crippen molar-refractivity contribution in [2.24, 2.45) is 7.05 Å². The highest BCUT2D eigenvalue weighted by molar-refractivity contribution is 7.86. The maximum atomic E-state index is 12.6. The summed E-state index contributed by atoms with van der Waals surface area (Å²) in [7, 11) is -3.35. The summed E-state index contributed by atoms with van der Waals surface area (Å²) in [5, 5.41) is 0. The number of aromatic nitrogens is 1. The van der Waals surface area contributed by atoms with Gasteiger partial charge in [0.15, 0.2) is 5.58 Å². The lowest BCUT2D eigenvalue weighted by atomic mass is 10.3. The zero-order valence-electron chi connectivity index (χ0n) is 7.60. The Morgan fingerprint density at radius 1 is 1.40 bits per heavy atom. The van der Waals surface area contributed by atoms with E-state index in [1.165, 1.54) is 13.1 Å². The SMILES string of the molecule is Cn1c(=O)oc2ccc(S(=O)(=O)F)cc21. The van der Waals surface area contributed by atoms with Crippen LogP contribution in [0.1, 0.15) is 0 Å². The van der Waals surface area contributed by atoms with Gasteiger partial charge in [0.25, 0.3) is 0 Å². The van der Waals surface area contributed by atoms with Gasteiger partial charge in [-0.2, -0.15) is 8.42 Å². The van der Waals surface area contributed by atoms with Gasteiger partial charge in [0.2, 0.25) is 0 Å². The Morgan fingerprint density at radius 2 is 2.07 bits per heavy atom. The van der Waals surface area contributed by atoms with Gasteiger partial charge in [-0.15, -0.1) is 3.89 Å². The summed E-state index contributed by atoms with van der Waals surface area (Å²) >= 11 is 0. The molecule has 0 N–H and O–H groups in total. The number of fused-ring (bicyclic) bond motifs is 1. The van der Waals surface area contributed by atoms with Gasteiger partial charge in [-0.25, -0.2) is 4.79 Å². The molecule has 1 heterocycles. The van der Waals surface area contributed by atoms with Crippen LogP contribution in [0.25, 0.3) is 11.1 Å². The van der Waals surface area contributed by atoms with Crippen LogP contribution >= 0.6 is 0 Å². The van der Waals surface area contributed by atoms with Crippen molar-refractivity contribution in [3.63, 3.8) is 0 Å². The number of halogens is 1. The molecule has 1 aromatic carbocycles. The van der Waals surface area contributed by atoms with Gasteiger partial charge in [0.05, 0.1) is 5.52 Å². The number of rotatable bonds is 1. The quantitative estimate of drug-likeness (QED) is 0.680. The van der Waals surface area contributed by atoms with Crippen molar-refractivity contribution in [1.29, 1.82) is 0 Å². The van der Waals surface area contributed by atoms with Crippen LogP contribution in [-0.4, -0.2) is 13.0 Å². The molecule has 2 aromatic rings.